The van der Waals surface area contributed by atoms with Crippen molar-refractivity contribution >= 4 is 33.6 Å². The van der Waals surface area contributed by atoms with Crippen molar-refractivity contribution < 1.29 is 12.6 Å². The Labute approximate surface area is 277 Å². The minimum Gasteiger partial charge on any atom is -0.355 e. The van der Waals surface area contributed by atoms with Gasteiger partial charge in [0.1, 0.15) is 0 Å². The van der Waals surface area contributed by atoms with E-state index in [9.17, 15) is 0 Å². The summed E-state index contributed by atoms with van der Waals surface area (Å²) in [5.41, 5.74) is 0. The van der Waals surface area contributed by atoms with Crippen LogP contribution in [0.25, 0.3) is 0 Å². The third-order valence-electron chi connectivity index (χ3n) is 9.68. The quantitative estimate of drug-likeness (QED) is 0.0511. The first-order valence-electron chi connectivity index (χ1n) is 19.7. The molecule has 0 aliphatic heterocycles. The van der Waals surface area contributed by atoms with Crippen LogP contribution in [0.15, 0.2) is 0 Å². The number of rotatable bonds is 33. The van der Waals surface area contributed by atoms with Gasteiger partial charge in [0.05, 0.1) is 0 Å². The van der Waals surface area contributed by atoms with Crippen LogP contribution >= 0.6 is 8.60 Å². The molecule has 0 aliphatic rings. The third kappa shape index (κ3) is 19.4. The van der Waals surface area contributed by atoms with E-state index in [2.05, 4.69) is 62.3 Å². The van der Waals surface area contributed by atoms with E-state index in [0.717, 1.165) is 0 Å². The maximum atomic E-state index is 7.76. The van der Waals surface area contributed by atoms with E-state index in [-0.39, 0.29) is 0 Å². The van der Waals surface area contributed by atoms with Crippen LogP contribution in [-0.2, 0) is 12.6 Å². The second-order valence-electron chi connectivity index (χ2n) is 14.0. The molecule has 0 saturated carbocycles. The second-order valence-corrected chi connectivity index (χ2v) is 28.2. The molecule has 3 nitrogen and oxygen atoms in total. The fraction of sp³-hybridized carbons (Fsp3) is 1.00. The summed E-state index contributed by atoms with van der Waals surface area (Å²) in [5, 5.41) is 0. The molecule has 0 fully saturated rings. The van der Waals surface area contributed by atoms with Crippen molar-refractivity contribution in [2.75, 3.05) is 0 Å². The molecule has 0 aliphatic carbocycles. The SMILES string of the molecule is CCCC[Si](CCCC)(CCCC)OP(O[Si](CCCC)(CCCC)CCCC)O[Si](CCCC)(CCCC)CCCC. The maximum absolute atomic E-state index is 7.76. The van der Waals surface area contributed by atoms with E-state index < -0.39 is 33.6 Å². The minimum atomic E-state index is -1.99. The van der Waals surface area contributed by atoms with E-state index >= 15 is 0 Å². The molecule has 0 saturated heterocycles. The van der Waals surface area contributed by atoms with Crippen LogP contribution in [0.4, 0.5) is 0 Å². The maximum Gasteiger partial charge on any atom is 0.300 e. The molecule has 0 atom stereocenters. The Morgan fingerprint density at radius 1 is 0.279 bits per heavy atom. The Morgan fingerprint density at radius 2 is 0.419 bits per heavy atom. The highest BCUT2D eigenvalue weighted by Crippen LogP contribution is 2.55. The summed E-state index contributed by atoms with van der Waals surface area (Å²) in [6, 6.07) is 11.7. The predicted octanol–water partition coefficient (Wildman–Crippen LogP) is 15.3. The standard InChI is InChI=1S/C36H81O3PSi3/c1-10-19-28-41(29-20-11-2,30-21-12-3)37-40(38-42(31-22-13-4,32-23-14-5)33-24-15-6)39-43(34-25-16-7,35-26-17-8)36-27-18-9/h10-36H2,1-9H3. The summed E-state index contributed by atoms with van der Waals surface area (Å²) in [6.07, 6.45) is 23.1. The van der Waals surface area contributed by atoms with Crippen molar-refractivity contribution in [3.63, 3.8) is 0 Å². The van der Waals surface area contributed by atoms with Crippen LogP contribution in [0.1, 0.15) is 178 Å². The van der Waals surface area contributed by atoms with E-state index in [1.807, 2.05) is 0 Å². The van der Waals surface area contributed by atoms with Crippen molar-refractivity contribution in [3.05, 3.63) is 0 Å². The lowest BCUT2D eigenvalue weighted by atomic mass is 10.4. The molecule has 0 aromatic carbocycles. The summed E-state index contributed by atoms with van der Waals surface area (Å²) in [5.74, 6) is 0. The van der Waals surface area contributed by atoms with E-state index in [4.69, 9.17) is 12.6 Å². The summed E-state index contributed by atoms with van der Waals surface area (Å²) < 4.78 is 23.3. The molecule has 0 radical (unpaired) electrons. The molecule has 0 N–H and O–H groups in total. The number of hydrogen-bond acceptors (Lipinski definition) is 3. The van der Waals surface area contributed by atoms with Crippen molar-refractivity contribution in [1.29, 1.82) is 0 Å². The summed E-state index contributed by atoms with van der Waals surface area (Å²) in [6.45, 7) is 21.3. The molecule has 0 unspecified atom stereocenters. The Kier molecular flexibility index (Phi) is 28.6. The van der Waals surface area contributed by atoms with Gasteiger partial charge in [-0.25, -0.2) is 0 Å². The average Bonchev–Trinajstić information content (AvgIpc) is 3.02. The monoisotopic (exact) mass is 677 g/mol. The van der Waals surface area contributed by atoms with Gasteiger partial charge >= 0.3 is 0 Å². The molecule has 0 aromatic heterocycles. The Bertz CT molecular complexity index is 464. The van der Waals surface area contributed by atoms with Crippen molar-refractivity contribution in [1.82, 2.24) is 0 Å². The molecule has 0 spiro atoms. The smallest absolute Gasteiger partial charge is 0.300 e. The van der Waals surface area contributed by atoms with E-state index in [1.165, 1.54) is 170 Å². The zero-order chi connectivity index (χ0) is 32.3. The molecular weight excluding hydrogens is 596 g/mol. The predicted molar refractivity (Wildman–Crippen MR) is 205 cm³/mol. The molecule has 0 heterocycles. The second kappa shape index (κ2) is 28.0. The van der Waals surface area contributed by atoms with Crippen molar-refractivity contribution in [2.24, 2.45) is 0 Å². The first kappa shape index (κ1) is 44.0. The molecule has 0 aromatic rings. The highest BCUT2D eigenvalue weighted by molar-refractivity contribution is 7.47. The van der Waals surface area contributed by atoms with Crippen molar-refractivity contribution in [2.45, 2.75) is 232 Å². The van der Waals surface area contributed by atoms with Gasteiger partial charge in [-0.2, -0.15) is 0 Å². The molecule has 0 amide bonds. The van der Waals surface area contributed by atoms with E-state index in [0.29, 0.717) is 0 Å². The Hall–Kier alpha value is 0.961. The van der Waals surface area contributed by atoms with Gasteiger partial charge in [0.15, 0.2) is 0 Å². The van der Waals surface area contributed by atoms with Crippen LogP contribution in [0.2, 0.25) is 54.4 Å². The van der Waals surface area contributed by atoms with Crippen molar-refractivity contribution in [3.8, 4) is 0 Å². The zero-order valence-corrected chi connectivity index (χ0v) is 35.2. The zero-order valence-electron chi connectivity index (χ0n) is 31.3. The lowest BCUT2D eigenvalue weighted by Crippen LogP contribution is -2.44. The molecule has 260 valence electrons. The normalized spacial score (nSPS) is 13.0. The van der Waals surface area contributed by atoms with Gasteiger partial charge in [0, 0.05) is 0 Å². The summed E-state index contributed by atoms with van der Waals surface area (Å²) in [4.78, 5) is 0. The average molecular weight is 677 g/mol. The Balaban J connectivity index is 6.97. The molecular formula is C36H81O3PSi3. The lowest BCUT2D eigenvalue weighted by molar-refractivity contribution is 0.355. The molecule has 7 heteroatoms. The van der Waals surface area contributed by atoms with Crippen LogP contribution in [0.3, 0.4) is 0 Å². The van der Waals surface area contributed by atoms with Gasteiger partial charge in [0.25, 0.3) is 8.60 Å². The Morgan fingerprint density at radius 3 is 0.535 bits per heavy atom. The minimum absolute atomic E-state index is 1.26. The van der Waals surface area contributed by atoms with Crippen LogP contribution in [-0.4, -0.2) is 25.0 Å². The lowest BCUT2D eigenvalue weighted by Gasteiger charge is -2.43. The fourth-order valence-corrected chi connectivity index (χ4v) is 26.3. The van der Waals surface area contributed by atoms with E-state index in [1.54, 1.807) is 0 Å². The van der Waals surface area contributed by atoms with Crippen LogP contribution in [0.5, 0.6) is 0 Å². The largest absolute Gasteiger partial charge is 0.355 e. The first-order valence-corrected chi connectivity index (χ1v) is 28.4. The van der Waals surface area contributed by atoms with Gasteiger partial charge in [0.2, 0.25) is 25.0 Å². The third-order valence-corrected chi connectivity index (χ3v) is 27.5. The summed E-state index contributed by atoms with van der Waals surface area (Å²) in [7, 11) is -7.24. The van der Waals surface area contributed by atoms with Gasteiger partial charge in [-0.05, 0) is 54.4 Å². The van der Waals surface area contributed by atoms with Crippen LogP contribution < -0.4 is 0 Å². The van der Waals surface area contributed by atoms with Gasteiger partial charge < -0.3 is 12.6 Å². The first-order chi connectivity index (χ1) is 20.8. The highest BCUT2D eigenvalue weighted by Gasteiger charge is 2.46. The molecule has 0 rings (SSSR count). The topological polar surface area (TPSA) is 27.7 Å². The van der Waals surface area contributed by atoms with Gasteiger partial charge in [-0.1, -0.05) is 178 Å². The number of hydrogen-bond donors (Lipinski definition) is 0. The summed E-state index contributed by atoms with van der Waals surface area (Å²) >= 11 is 0. The number of unbranched alkanes of at least 4 members (excludes halogenated alkanes) is 9. The fourth-order valence-electron chi connectivity index (χ4n) is 6.56. The highest BCUT2D eigenvalue weighted by atomic mass is 31.2. The van der Waals surface area contributed by atoms with Gasteiger partial charge in [-0.3, -0.25) is 0 Å². The molecule has 0 bridgehead atoms. The van der Waals surface area contributed by atoms with Crippen LogP contribution in [0, 0.1) is 0 Å². The van der Waals surface area contributed by atoms with Gasteiger partial charge in [-0.15, -0.1) is 0 Å². The molecule has 43 heavy (non-hydrogen) atoms.